The number of hydrogen-bond acceptors (Lipinski definition) is 4. The maximum atomic E-state index is 12.2. The highest BCUT2D eigenvalue weighted by Gasteiger charge is 2.15. The third kappa shape index (κ3) is 6.49. The number of amides is 3. The molecule has 3 N–H and O–H groups in total. The normalized spacial score (nSPS) is 10.8. The second-order valence-electron chi connectivity index (χ2n) is 7.68. The fourth-order valence-corrected chi connectivity index (χ4v) is 2.80. The molecule has 0 atom stereocenters. The second kappa shape index (κ2) is 10.1. The van der Waals surface area contributed by atoms with Crippen LogP contribution in [0, 0.1) is 0 Å². The summed E-state index contributed by atoms with van der Waals surface area (Å²) in [5.41, 5.74) is 6.45. The summed E-state index contributed by atoms with van der Waals surface area (Å²) >= 11 is 5.90. The highest BCUT2D eigenvalue weighted by Crippen LogP contribution is 2.23. The molecule has 0 aliphatic carbocycles. The number of rotatable bonds is 6. The van der Waals surface area contributed by atoms with Gasteiger partial charge in [-0.2, -0.15) is 0 Å². The van der Waals surface area contributed by atoms with Gasteiger partial charge in [0, 0.05) is 23.6 Å². The summed E-state index contributed by atoms with van der Waals surface area (Å²) in [5.74, 6) is -0.953. The lowest BCUT2D eigenvalue weighted by Gasteiger charge is -2.19. The number of hydrogen-bond donors (Lipinski definition) is 3. The minimum atomic E-state index is -0.564. The Morgan fingerprint density at radius 2 is 1.63 bits per heavy atom. The van der Waals surface area contributed by atoms with Crippen LogP contribution in [0.3, 0.4) is 0 Å². The van der Waals surface area contributed by atoms with Crippen molar-refractivity contribution in [3.63, 3.8) is 0 Å². The van der Waals surface area contributed by atoms with E-state index in [-0.39, 0.29) is 29.9 Å². The first-order valence-electron chi connectivity index (χ1n) is 9.43. The smallest absolute Gasteiger partial charge is 0.273 e. The van der Waals surface area contributed by atoms with E-state index in [2.05, 4.69) is 36.9 Å². The molecule has 0 aliphatic heterocycles. The molecule has 0 saturated carbocycles. The molecular weight excluding hydrogens is 406 g/mol. The zero-order valence-electron chi connectivity index (χ0n) is 17.5. The van der Waals surface area contributed by atoms with E-state index >= 15 is 0 Å². The molecule has 2 rings (SSSR count). The monoisotopic (exact) mass is 431 g/mol. The number of carbonyl (C=O) groups excluding carboxylic acids is 3. The van der Waals surface area contributed by atoms with Crippen molar-refractivity contribution in [1.29, 1.82) is 0 Å². The summed E-state index contributed by atoms with van der Waals surface area (Å²) in [4.78, 5) is 36.4. The SMILES string of the molecule is COc1ccc(Cl)cc1C(=O)NNC(=O)CCNC(=O)c1ccc(C(C)(C)C)cc1. The summed E-state index contributed by atoms with van der Waals surface area (Å²) in [7, 11) is 1.43. The van der Waals surface area contributed by atoms with Crippen molar-refractivity contribution >= 4 is 29.3 Å². The lowest BCUT2D eigenvalue weighted by Crippen LogP contribution is -2.42. The molecule has 2 aromatic carbocycles. The molecule has 0 unspecified atom stereocenters. The molecule has 3 amide bonds. The first-order chi connectivity index (χ1) is 14.1. The molecule has 0 aliphatic rings. The summed E-state index contributed by atoms with van der Waals surface area (Å²) in [5, 5.41) is 3.05. The highest BCUT2D eigenvalue weighted by molar-refractivity contribution is 6.31. The Hall–Kier alpha value is -3.06. The van der Waals surface area contributed by atoms with Crippen molar-refractivity contribution in [3.8, 4) is 5.75 Å². The Morgan fingerprint density at radius 3 is 2.23 bits per heavy atom. The number of carbonyl (C=O) groups is 3. The molecule has 7 nitrogen and oxygen atoms in total. The van der Waals surface area contributed by atoms with Crippen LogP contribution in [0.1, 0.15) is 53.5 Å². The molecule has 160 valence electrons. The Kier molecular flexibility index (Phi) is 7.83. The van der Waals surface area contributed by atoms with E-state index in [0.717, 1.165) is 5.56 Å². The third-order valence-electron chi connectivity index (χ3n) is 4.37. The van der Waals surface area contributed by atoms with Crippen LogP contribution in [-0.4, -0.2) is 31.4 Å². The van der Waals surface area contributed by atoms with Gasteiger partial charge in [0.2, 0.25) is 5.91 Å². The average molecular weight is 432 g/mol. The lowest BCUT2D eigenvalue weighted by atomic mass is 9.87. The van der Waals surface area contributed by atoms with Crippen molar-refractivity contribution < 1.29 is 19.1 Å². The molecular formula is C22H26ClN3O4. The molecule has 8 heteroatoms. The predicted octanol–water partition coefficient (Wildman–Crippen LogP) is 3.23. The van der Waals surface area contributed by atoms with Crippen LogP contribution in [0.15, 0.2) is 42.5 Å². The number of hydrazine groups is 1. The molecule has 0 bridgehead atoms. The first-order valence-corrected chi connectivity index (χ1v) is 9.81. The van der Waals surface area contributed by atoms with Gasteiger partial charge in [-0.15, -0.1) is 0 Å². The van der Waals surface area contributed by atoms with Crippen molar-refractivity contribution in [1.82, 2.24) is 16.2 Å². The average Bonchev–Trinajstić information content (AvgIpc) is 2.71. The van der Waals surface area contributed by atoms with Gasteiger partial charge in [0.15, 0.2) is 0 Å². The van der Waals surface area contributed by atoms with Gasteiger partial charge in [0.25, 0.3) is 11.8 Å². The first kappa shape index (κ1) is 23.2. The van der Waals surface area contributed by atoms with Crippen LogP contribution < -0.4 is 20.9 Å². The van der Waals surface area contributed by atoms with E-state index in [0.29, 0.717) is 16.3 Å². The van der Waals surface area contributed by atoms with Crippen LogP contribution in [-0.2, 0) is 10.2 Å². The van der Waals surface area contributed by atoms with Gasteiger partial charge in [0.05, 0.1) is 12.7 Å². The molecule has 0 heterocycles. The molecule has 0 spiro atoms. The van der Waals surface area contributed by atoms with Crippen LogP contribution in [0.25, 0.3) is 0 Å². The van der Waals surface area contributed by atoms with Gasteiger partial charge in [-0.3, -0.25) is 25.2 Å². The van der Waals surface area contributed by atoms with Gasteiger partial charge in [0.1, 0.15) is 5.75 Å². The Morgan fingerprint density at radius 1 is 0.967 bits per heavy atom. The number of benzene rings is 2. The summed E-state index contributed by atoms with van der Waals surface area (Å²) in [6.07, 6.45) is -0.00121. The van der Waals surface area contributed by atoms with Gasteiger partial charge in [-0.25, -0.2) is 0 Å². The van der Waals surface area contributed by atoms with Crippen molar-refractivity contribution in [3.05, 3.63) is 64.2 Å². The topological polar surface area (TPSA) is 96.5 Å². The lowest BCUT2D eigenvalue weighted by molar-refractivity contribution is -0.121. The highest BCUT2D eigenvalue weighted by atomic mass is 35.5. The summed E-state index contributed by atoms with van der Waals surface area (Å²) < 4.78 is 5.11. The number of ether oxygens (including phenoxy) is 1. The van der Waals surface area contributed by atoms with Crippen LogP contribution in [0.5, 0.6) is 5.75 Å². The molecule has 0 radical (unpaired) electrons. The molecule has 0 aromatic heterocycles. The fraction of sp³-hybridized carbons (Fsp3) is 0.318. The Bertz CT molecular complexity index is 921. The van der Waals surface area contributed by atoms with Gasteiger partial charge < -0.3 is 10.1 Å². The summed E-state index contributed by atoms with van der Waals surface area (Å²) in [6.45, 7) is 6.42. The van der Waals surface area contributed by atoms with E-state index in [1.807, 2.05) is 12.1 Å². The fourth-order valence-electron chi connectivity index (χ4n) is 2.63. The Labute approximate surface area is 181 Å². The van der Waals surface area contributed by atoms with E-state index in [9.17, 15) is 14.4 Å². The summed E-state index contributed by atoms with van der Waals surface area (Å²) in [6, 6.07) is 11.9. The number of nitrogens with one attached hydrogen (secondary N) is 3. The van der Waals surface area contributed by atoms with E-state index in [4.69, 9.17) is 16.3 Å². The van der Waals surface area contributed by atoms with E-state index in [1.54, 1.807) is 24.3 Å². The van der Waals surface area contributed by atoms with Gasteiger partial charge >= 0.3 is 0 Å². The van der Waals surface area contributed by atoms with Gasteiger partial charge in [-0.1, -0.05) is 44.5 Å². The van der Waals surface area contributed by atoms with E-state index in [1.165, 1.54) is 13.2 Å². The quantitative estimate of drug-likeness (QED) is 0.612. The van der Waals surface area contributed by atoms with E-state index < -0.39 is 11.8 Å². The maximum Gasteiger partial charge on any atom is 0.273 e. The van der Waals surface area contributed by atoms with Crippen LogP contribution in [0.4, 0.5) is 0 Å². The molecule has 2 aromatic rings. The molecule has 30 heavy (non-hydrogen) atoms. The predicted molar refractivity (Wildman–Crippen MR) is 116 cm³/mol. The Balaban J connectivity index is 1.79. The van der Waals surface area contributed by atoms with Gasteiger partial charge in [-0.05, 0) is 41.3 Å². The number of methoxy groups -OCH3 is 1. The third-order valence-corrected chi connectivity index (χ3v) is 4.61. The van der Waals surface area contributed by atoms with Crippen molar-refractivity contribution in [2.45, 2.75) is 32.6 Å². The van der Waals surface area contributed by atoms with Crippen molar-refractivity contribution in [2.24, 2.45) is 0 Å². The molecule has 0 fully saturated rings. The van der Waals surface area contributed by atoms with Crippen LogP contribution >= 0.6 is 11.6 Å². The van der Waals surface area contributed by atoms with Crippen molar-refractivity contribution in [2.75, 3.05) is 13.7 Å². The standard InChI is InChI=1S/C22H26ClN3O4/c1-22(2,3)15-7-5-14(6-8-15)20(28)24-12-11-19(27)25-26-21(29)17-13-16(23)9-10-18(17)30-4/h5-10,13H,11-12H2,1-4H3,(H,24,28)(H,25,27)(H,26,29). The minimum absolute atomic E-state index is 0.00121. The maximum absolute atomic E-state index is 12.2. The van der Waals surface area contributed by atoms with Crippen LogP contribution in [0.2, 0.25) is 5.02 Å². The molecule has 0 saturated heterocycles. The zero-order valence-corrected chi connectivity index (χ0v) is 18.2. The number of halogens is 1. The zero-order chi connectivity index (χ0) is 22.3. The second-order valence-corrected chi connectivity index (χ2v) is 8.12. The largest absolute Gasteiger partial charge is 0.496 e. The minimum Gasteiger partial charge on any atom is -0.496 e.